The zero-order valence-corrected chi connectivity index (χ0v) is 22.4. The summed E-state index contributed by atoms with van der Waals surface area (Å²) in [6, 6.07) is 14.3. The van der Waals surface area contributed by atoms with Gasteiger partial charge in [-0.05, 0) is 37.5 Å². The minimum Gasteiger partial charge on any atom is -0.364 e. The summed E-state index contributed by atoms with van der Waals surface area (Å²) in [7, 11) is -4.09. The van der Waals surface area contributed by atoms with E-state index in [-0.39, 0.29) is 28.2 Å². The summed E-state index contributed by atoms with van der Waals surface area (Å²) in [6.07, 6.45) is 2.37. The Balaban J connectivity index is 1.82. The topological polar surface area (TPSA) is 133 Å². The molecule has 37 heavy (non-hydrogen) atoms. The highest BCUT2D eigenvalue weighted by atomic mass is 35.5. The van der Waals surface area contributed by atoms with Crippen LogP contribution in [0.5, 0.6) is 0 Å². The number of hydrogen-bond donors (Lipinski definition) is 2. The SMILES string of the molecule is CCCCc1nc(Cl)c(C(N)=O)n1Cc1ccc(-c2ccccc2)c(S(=O)(=O)Nc2onc(C)c2C)c1. The van der Waals surface area contributed by atoms with Crippen molar-refractivity contribution in [2.75, 3.05) is 4.72 Å². The molecule has 2 heterocycles. The summed E-state index contributed by atoms with van der Waals surface area (Å²) >= 11 is 6.25. The zero-order chi connectivity index (χ0) is 26.7. The molecule has 0 bridgehead atoms. The van der Waals surface area contributed by atoms with Crippen LogP contribution in [0.25, 0.3) is 11.1 Å². The van der Waals surface area contributed by atoms with Gasteiger partial charge >= 0.3 is 0 Å². The van der Waals surface area contributed by atoms with Gasteiger partial charge in [0.05, 0.1) is 10.6 Å². The number of sulfonamides is 1. The van der Waals surface area contributed by atoms with Gasteiger partial charge in [-0.1, -0.05) is 72.6 Å². The Hall–Kier alpha value is -3.63. The van der Waals surface area contributed by atoms with E-state index in [9.17, 15) is 13.2 Å². The largest absolute Gasteiger partial charge is 0.364 e. The van der Waals surface area contributed by atoms with E-state index in [0.717, 1.165) is 18.4 Å². The molecular formula is C26H28ClN5O4S. The normalized spacial score (nSPS) is 11.6. The Labute approximate surface area is 220 Å². The van der Waals surface area contributed by atoms with E-state index >= 15 is 0 Å². The van der Waals surface area contributed by atoms with Crippen LogP contribution in [0.3, 0.4) is 0 Å². The maximum absolute atomic E-state index is 13.6. The summed E-state index contributed by atoms with van der Waals surface area (Å²) in [6.45, 7) is 5.67. The van der Waals surface area contributed by atoms with Gasteiger partial charge in [-0.3, -0.25) is 4.79 Å². The summed E-state index contributed by atoms with van der Waals surface area (Å²) in [4.78, 5) is 16.6. The fourth-order valence-electron chi connectivity index (χ4n) is 4.01. The number of anilines is 1. The first-order chi connectivity index (χ1) is 17.6. The van der Waals surface area contributed by atoms with E-state index in [1.54, 1.807) is 30.5 Å². The molecule has 2 aromatic carbocycles. The molecule has 11 heteroatoms. The molecule has 4 rings (SSSR count). The number of primary amides is 1. The Bertz CT molecular complexity index is 1540. The van der Waals surface area contributed by atoms with Gasteiger partial charge in [0.1, 0.15) is 11.5 Å². The fourth-order valence-corrected chi connectivity index (χ4v) is 5.63. The third-order valence-corrected chi connectivity index (χ3v) is 7.77. The maximum atomic E-state index is 13.6. The van der Waals surface area contributed by atoms with Gasteiger partial charge in [0.2, 0.25) is 5.88 Å². The lowest BCUT2D eigenvalue weighted by Crippen LogP contribution is -2.20. The highest BCUT2D eigenvalue weighted by Crippen LogP contribution is 2.32. The summed E-state index contributed by atoms with van der Waals surface area (Å²) in [5.74, 6) is -0.0314. The van der Waals surface area contributed by atoms with Crippen LogP contribution in [-0.2, 0) is 23.0 Å². The molecule has 0 aliphatic carbocycles. The van der Waals surface area contributed by atoms with Crippen molar-refractivity contribution in [3.05, 3.63) is 82.0 Å². The van der Waals surface area contributed by atoms with Crippen LogP contribution in [0.4, 0.5) is 5.88 Å². The second-order valence-electron chi connectivity index (χ2n) is 8.75. The van der Waals surface area contributed by atoms with Gasteiger partial charge in [-0.15, -0.1) is 0 Å². The number of aryl methyl sites for hydroxylation is 2. The Kier molecular flexibility index (Phi) is 7.70. The molecule has 0 unspecified atom stereocenters. The van der Waals surface area contributed by atoms with Crippen LogP contribution in [0, 0.1) is 13.8 Å². The molecular weight excluding hydrogens is 514 g/mol. The number of aromatic nitrogens is 3. The molecule has 0 fully saturated rings. The molecule has 9 nitrogen and oxygen atoms in total. The lowest BCUT2D eigenvalue weighted by atomic mass is 10.0. The van der Waals surface area contributed by atoms with Crippen LogP contribution in [-0.4, -0.2) is 29.0 Å². The zero-order valence-electron chi connectivity index (χ0n) is 20.8. The number of nitrogens with zero attached hydrogens (tertiary/aromatic N) is 3. The van der Waals surface area contributed by atoms with E-state index in [1.165, 1.54) is 0 Å². The van der Waals surface area contributed by atoms with Crippen LogP contribution < -0.4 is 10.5 Å². The molecule has 3 N–H and O–H groups in total. The molecule has 1 amide bonds. The number of carbonyl (C=O) groups excluding carboxylic acids is 1. The first kappa shape index (κ1) is 26.4. The smallest absolute Gasteiger partial charge is 0.268 e. The highest BCUT2D eigenvalue weighted by Gasteiger charge is 2.25. The first-order valence-electron chi connectivity index (χ1n) is 11.8. The minimum atomic E-state index is -4.09. The monoisotopic (exact) mass is 541 g/mol. The second kappa shape index (κ2) is 10.8. The van der Waals surface area contributed by atoms with Crippen molar-refractivity contribution in [1.82, 2.24) is 14.7 Å². The van der Waals surface area contributed by atoms with Gasteiger partial charge in [0, 0.05) is 24.1 Å². The van der Waals surface area contributed by atoms with Gasteiger partial charge in [-0.2, -0.15) is 0 Å². The Morgan fingerprint density at radius 1 is 1.16 bits per heavy atom. The van der Waals surface area contributed by atoms with Crippen molar-refractivity contribution in [2.24, 2.45) is 5.73 Å². The maximum Gasteiger partial charge on any atom is 0.268 e. The van der Waals surface area contributed by atoms with Crippen LogP contribution in [0.2, 0.25) is 5.15 Å². The van der Waals surface area contributed by atoms with Crippen molar-refractivity contribution in [3.63, 3.8) is 0 Å². The number of benzene rings is 2. The lowest BCUT2D eigenvalue weighted by molar-refractivity contribution is 0.0991. The number of amides is 1. The minimum absolute atomic E-state index is 0.0326. The predicted octanol–water partition coefficient (Wildman–Crippen LogP) is 5.10. The van der Waals surface area contributed by atoms with Gasteiger partial charge < -0.3 is 14.8 Å². The van der Waals surface area contributed by atoms with Gasteiger partial charge in [-0.25, -0.2) is 18.1 Å². The van der Waals surface area contributed by atoms with E-state index in [2.05, 4.69) is 14.9 Å². The standard InChI is InChI=1S/C26H28ClN5O4S/c1-4-5-11-22-29-24(27)23(25(28)33)32(22)15-18-12-13-20(19-9-7-6-8-10-19)21(14-18)37(34,35)31-26-16(2)17(3)30-36-26/h6-10,12-14,31H,4-5,11,15H2,1-3H3,(H2,28,33). The number of rotatable bonds is 10. The third-order valence-electron chi connectivity index (χ3n) is 6.14. The van der Waals surface area contributed by atoms with Crippen molar-refractivity contribution in [3.8, 4) is 11.1 Å². The summed E-state index contributed by atoms with van der Waals surface area (Å²) in [5, 5.41) is 3.87. The molecule has 0 aliphatic rings. The molecule has 0 saturated heterocycles. The number of carbonyl (C=O) groups is 1. The van der Waals surface area contributed by atoms with E-state index < -0.39 is 15.9 Å². The summed E-state index contributed by atoms with van der Waals surface area (Å²) in [5.41, 5.74) is 8.75. The highest BCUT2D eigenvalue weighted by molar-refractivity contribution is 7.92. The molecule has 0 radical (unpaired) electrons. The van der Waals surface area contributed by atoms with Crippen molar-refractivity contribution < 1.29 is 17.7 Å². The summed E-state index contributed by atoms with van der Waals surface area (Å²) < 4.78 is 36.7. The number of imidazole rings is 1. The molecule has 4 aromatic rings. The lowest BCUT2D eigenvalue weighted by Gasteiger charge is -2.15. The van der Waals surface area contributed by atoms with Gasteiger partial charge in [0.25, 0.3) is 15.9 Å². The number of unbranched alkanes of at least 4 members (excludes halogenated alkanes) is 1. The molecule has 0 atom stereocenters. The van der Waals surface area contributed by atoms with Crippen molar-refractivity contribution in [1.29, 1.82) is 0 Å². The van der Waals surface area contributed by atoms with Crippen molar-refractivity contribution >= 4 is 33.4 Å². The molecule has 0 saturated carbocycles. The number of hydrogen-bond acceptors (Lipinski definition) is 6. The Morgan fingerprint density at radius 2 is 1.89 bits per heavy atom. The second-order valence-corrected chi connectivity index (χ2v) is 10.8. The molecule has 2 aromatic heterocycles. The van der Waals surface area contributed by atoms with E-state index in [1.807, 2.05) is 43.3 Å². The number of halogens is 1. The predicted molar refractivity (Wildman–Crippen MR) is 142 cm³/mol. The van der Waals surface area contributed by atoms with Crippen LogP contribution in [0.1, 0.15) is 52.9 Å². The number of nitrogens with two attached hydrogens (primary N) is 1. The van der Waals surface area contributed by atoms with Crippen molar-refractivity contribution in [2.45, 2.75) is 51.5 Å². The molecule has 0 spiro atoms. The third kappa shape index (κ3) is 5.55. The fraction of sp³-hybridized carbons (Fsp3) is 0.269. The van der Waals surface area contributed by atoms with Crippen LogP contribution in [0.15, 0.2) is 57.9 Å². The first-order valence-corrected chi connectivity index (χ1v) is 13.7. The number of nitrogens with one attached hydrogen (secondary N) is 1. The van der Waals surface area contributed by atoms with Gasteiger partial charge in [0.15, 0.2) is 5.15 Å². The average Bonchev–Trinajstić information content (AvgIpc) is 3.35. The van der Waals surface area contributed by atoms with E-state index in [0.29, 0.717) is 34.6 Å². The molecule has 194 valence electrons. The van der Waals surface area contributed by atoms with E-state index in [4.69, 9.17) is 21.9 Å². The van der Waals surface area contributed by atoms with Crippen LogP contribution >= 0.6 is 11.6 Å². The molecule has 0 aliphatic heterocycles. The Morgan fingerprint density at radius 3 is 2.51 bits per heavy atom. The quantitative estimate of drug-likeness (QED) is 0.287. The average molecular weight is 542 g/mol.